The number of hydrogen-bond donors (Lipinski definition) is 1. The van der Waals surface area contributed by atoms with Crippen LogP contribution in [0.15, 0.2) is 24.3 Å². The number of hydrogen-bond acceptors (Lipinski definition) is 4. The molecule has 1 N–H and O–H groups in total. The van der Waals surface area contributed by atoms with E-state index in [0.717, 1.165) is 11.0 Å². The summed E-state index contributed by atoms with van der Waals surface area (Å²) in [6.45, 7) is 0. The second kappa shape index (κ2) is 3.65. The van der Waals surface area contributed by atoms with Gasteiger partial charge >= 0.3 is 0 Å². The number of imide groups is 1. The first-order chi connectivity index (χ1) is 8.24. The number of amides is 2. The van der Waals surface area contributed by atoms with Gasteiger partial charge in [-0.3, -0.25) is 14.9 Å². The molecule has 3 rings (SSSR count). The average Bonchev–Trinajstić information content (AvgIpc) is 2.72. The molecule has 1 aromatic carbocycles. The quantitative estimate of drug-likeness (QED) is 0.720. The molecule has 1 fully saturated rings. The number of nitrogens with one attached hydrogen (secondary N) is 1. The number of aromatic nitrogens is 3. The number of carbonyl (C=O) groups is 2. The van der Waals surface area contributed by atoms with E-state index in [1.807, 2.05) is 24.3 Å². The van der Waals surface area contributed by atoms with Crippen LogP contribution in [0, 0.1) is 0 Å². The van der Waals surface area contributed by atoms with Crippen molar-refractivity contribution in [3.8, 4) is 0 Å². The largest absolute Gasteiger partial charge is 0.295 e. The molecule has 0 spiro atoms. The summed E-state index contributed by atoms with van der Waals surface area (Å²) in [7, 11) is 0. The van der Waals surface area contributed by atoms with Crippen molar-refractivity contribution in [1.29, 1.82) is 0 Å². The SMILES string of the molecule is O=C1CCC(n2nc3ccccc3n2)C(=O)N1. The summed E-state index contributed by atoms with van der Waals surface area (Å²) in [6.07, 6.45) is 0.778. The molecule has 1 atom stereocenters. The maximum Gasteiger partial charge on any atom is 0.253 e. The smallest absolute Gasteiger partial charge is 0.253 e. The van der Waals surface area contributed by atoms with Crippen molar-refractivity contribution >= 4 is 22.8 Å². The maximum atomic E-state index is 11.6. The number of benzene rings is 1. The van der Waals surface area contributed by atoms with Crippen LogP contribution in [-0.4, -0.2) is 26.8 Å². The maximum absolute atomic E-state index is 11.6. The van der Waals surface area contributed by atoms with Crippen LogP contribution in [0.4, 0.5) is 0 Å². The molecule has 6 nitrogen and oxygen atoms in total. The molecular formula is C11H10N4O2. The fourth-order valence-corrected chi connectivity index (χ4v) is 1.92. The van der Waals surface area contributed by atoms with Gasteiger partial charge in [-0.15, -0.1) is 0 Å². The second-order valence-corrected chi connectivity index (χ2v) is 3.98. The van der Waals surface area contributed by atoms with Gasteiger partial charge in [-0.1, -0.05) is 12.1 Å². The zero-order valence-corrected chi connectivity index (χ0v) is 8.96. The molecule has 1 aromatic heterocycles. The summed E-state index contributed by atoms with van der Waals surface area (Å²) in [5, 5.41) is 10.8. The van der Waals surface area contributed by atoms with Crippen LogP contribution < -0.4 is 5.32 Å². The van der Waals surface area contributed by atoms with Crippen LogP contribution in [0.5, 0.6) is 0 Å². The topological polar surface area (TPSA) is 76.9 Å². The number of piperidine rings is 1. The molecule has 1 unspecified atom stereocenters. The molecule has 2 heterocycles. The molecule has 0 radical (unpaired) electrons. The molecule has 1 aliphatic rings. The van der Waals surface area contributed by atoms with Crippen LogP contribution in [0.1, 0.15) is 18.9 Å². The number of carbonyl (C=O) groups excluding carboxylic acids is 2. The van der Waals surface area contributed by atoms with E-state index in [9.17, 15) is 9.59 Å². The van der Waals surface area contributed by atoms with Crippen LogP contribution in [0.2, 0.25) is 0 Å². The summed E-state index contributed by atoms with van der Waals surface area (Å²) in [5.74, 6) is -0.565. The lowest BCUT2D eigenvalue weighted by Crippen LogP contribution is -2.42. The summed E-state index contributed by atoms with van der Waals surface area (Å²) in [5.41, 5.74) is 1.49. The van der Waals surface area contributed by atoms with Gasteiger partial charge in [-0.25, -0.2) is 0 Å². The van der Waals surface area contributed by atoms with Gasteiger partial charge in [0.2, 0.25) is 5.91 Å². The summed E-state index contributed by atoms with van der Waals surface area (Å²) >= 11 is 0. The van der Waals surface area contributed by atoms with Crippen molar-refractivity contribution in [3.05, 3.63) is 24.3 Å². The van der Waals surface area contributed by atoms with Crippen molar-refractivity contribution in [3.63, 3.8) is 0 Å². The lowest BCUT2D eigenvalue weighted by molar-refractivity contribution is -0.136. The summed E-state index contributed by atoms with van der Waals surface area (Å²) in [6, 6.07) is 6.92. The number of fused-ring (bicyclic) bond motifs is 1. The van der Waals surface area contributed by atoms with Crippen LogP contribution in [0.3, 0.4) is 0 Å². The van der Waals surface area contributed by atoms with E-state index in [2.05, 4.69) is 15.5 Å². The van der Waals surface area contributed by atoms with Gasteiger partial charge in [0.15, 0.2) is 6.04 Å². The van der Waals surface area contributed by atoms with E-state index in [4.69, 9.17) is 0 Å². The summed E-state index contributed by atoms with van der Waals surface area (Å²) in [4.78, 5) is 24.1. The van der Waals surface area contributed by atoms with E-state index in [1.54, 1.807) is 0 Å². The molecule has 1 saturated heterocycles. The minimum atomic E-state index is -0.486. The molecule has 6 heteroatoms. The highest BCUT2D eigenvalue weighted by Gasteiger charge is 2.29. The summed E-state index contributed by atoms with van der Waals surface area (Å²) < 4.78 is 0. The lowest BCUT2D eigenvalue weighted by atomic mass is 10.1. The van der Waals surface area contributed by atoms with Crippen molar-refractivity contribution in [2.75, 3.05) is 0 Å². The fraction of sp³-hybridized carbons (Fsp3) is 0.273. The Morgan fingerprint density at radius 3 is 2.41 bits per heavy atom. The molecule has 17 heavy (non-hydrogen) atoms. The van der Waals surface area contributed by atoms with Crippen LogP contribution >= 0.6 is 0 Å². The Morgan fingerprint density at radius 1 is 1.18 bits per heavy atom. The molecule has 0 aliphatic carbocycles. The zero-order valence-electron chi connectivity index (χ0n) is 8.96. The fourth-order valence-electron chi connectivity index (χ4n) is 1.92. The molecular weight excluding hydrogens is 220 g/mol. The number of rotatable bonds is 1. The first-order valence-corrected chi connectivity index (χ1v) is 5.39. The normalized spacial score (nSPS) is 20.6. The van der Waals surface area contributed by atoms with E-state index < -0.39 is 6.04 Å². The van der Waals surface area contributed by atoms with Crippen molar-refractivity contribution < 1.29 is 9.59 Å². The Morgan fingerprint density at radius 2 is 1.82 bits per heavy atom. The molecule has 1 aliphatic heterocycles. The Kier molecular flexibility index (Phi) is 2.14. The lowest BCUT2D eigenvalue weighted by Gasteiger charge is -2.19. The standard InChI is InChI=1S/C11H10N4O2/c16-10-6-5-9(11(17)12-10)15-13-7-3-1-2-4-8(7)14-15/h1-4,9H,5-6H2,(H,12,16,17). The second-order valence-electron chi connectivity index (χ2n) is 3.98. The predicted molar refractivity (Wildman–Crippen MR) is 58.9 cm³/mol. The highest BCUT2D eigenvalue weighted by molar-refractivity contribution is 5.99. The van der Waals surface area contributed by atoms with Crippen molar-refractivity contribution in [2.24, 2.45) is 0 Å². The van der Waals surface area contributed by atoms with Gasteiger partial charge in [0.05, 0.1) is 0 Å². The van der Waals surface area contributed by atoms with Crippen molar-refractivity contribution in [2.45, 2.75) is 18.9 Å². The van der Waals surface area contributed by atoms with E-state index in [1.165, 1.54) is 4.80 Å². The third kappa shape index (κ3) is 1.67. The minimum absolute atomic E-state index is 0.233. The monoisotopic (exact) mass is 230 g/mol. The predicted octanol–water partition coefficient (Wildman–Crippen LogP) is 0.409. The molecule has 2 aromatic rings. The van der Waals surface area contributed by atoms with E-state index in [-0.39, 0.29) is 11.8 Å². The zero-order chi connectivity index (χ0) is 11.8. The Hall–Kier alpha value is -2.24. The third-order valence-corrected chi connectivity index (χ3v) is 2.79. The first-order valence-electron chi connectivity index (χ1n) is 5.39. The van der Waals surface area contributed by atoms with Crippen LogP contribution in [0.25, 0.3) is 11.0 Å². The molecule has 0 bridgehead atoms. The molecule has 0 saturated carbocycles. The van der Waals surface area contributed by atoms with Gasteiger partial charge in [0, 0.05) is 6.42 Å². The molecule has 2 amide bonds. The Labute approximate surface area is 96.6 Å². The minimum Gasteiger partial charge on any atom is -0.295 e. The van der Waals surface area contributed by atoms with E-state index in [0.29, 0.717) is 12.8 Å². The van der Waals surface area contributed by atoms with Gasteiger partial charge in [-0.05, 0) is 18.6 Å². The number of nitrogens with zero attached hydrogens (tertiary/aromatic N) is 3. The highest BCUT2D eigenvalue weighted by atomic mass is 16.2. The Balaban J connectivity index is 1.98. The van der Waals surface area contributed by atoms with Crippen molar-refractivity contribution in [1.82, 2.24) is 20.3 Å². The molecule has 86 valence electrons. The van der Waals surface area contributed by atoms with Gasteiger partial charge in [-0.2, -0.15) is 15.0 Å². The van der Waals surface area contributed by atoms with Gasteiger partial charge in [0.1, 0.15) is 11.0 Å². The van der Waals surface area contributed by atoms with Crippen LogP contribution in [-0.2, 0) is 9.59 Å². The first kappa shape index (κ1) is 9.95. The average molecular weight is 230 g/mol. The van der Waals surface area contributed by atoms with Gasteiger partial charge in [0.25, 0.3) is 5.91 Å². The van der Waals surface area contributed by atoms with Gasteiger partial charge < -0.3 is 0 Å². The third-order valence-electron chi connectivity index (χ3n) is 2.79. The van der Waals surface area contributed by atoms with E-state index >= 15 is 0 Å². The highest BCUT2D eigenvalue weighted by Crippen LogP contribution is 2.18. The Bertz CT molecular complexity index is 571.